The average Bonchev–Trinajstić information content (AvgIpc) is 2.46. The maximum atomic E-state index is 10.2. The third kappa shape index (κ3) is 3.26. The largest absolute Gasteiger partial charge is 0.387 e. The summed E-state index contributed by atoms with van der Waals surface area (Å²) in [5, 5.41) is 19.4. The quantitative estimate of drug-likeness (QED) is 0.843. The molecule has 1 aliphatic rings. The molecule has 0 bridgehead atoms. The lowest BCUT2D eigenvalue weighted by Crippen LogP contribution is -2.40. The highest BCUT2D eigenvalue weighted by Crippen LogP contribution is 2.22. The van der Waals surface area contributed by atoms with E-state index < -0.39 is 12.0 Å². The lowest BCUT2D eigenvalue weighted by Gasteiger charge is -2.29. The van der Waals surface area contributed by atoms with Gasteiger partial charge in [0, 0.05) is 32.0 Å². The predicted molar refractivity (Wildman–Crippen MR) is 65.6 cm³/mol. The third-order valence-electron chi connectivity index (χ3n) is 3.15. The van der Waals surface area contributed by atoms with Crippen molar-refractivity contribution in [1.29, 1.82) is 5.26 Å². The summed E-state index contributed by atoms with van der Waals surface area (Å²) in [4.78, 5) is 6.06. The highest BCUT2D eigenvalue weighted by atomic mass is 16.5. The van der Waals surface area contributed by atoms with Gasteiger partial charge in [-0.2, -0.15) is 5.26 Å². The Labute approximate surface area is 107 Å². The van der Waals surface area contributed by atoms with Crippen LogP contribution in [0.1, 0.15) is 11.7 Å². The molecule has 5 nitrogen and oxygen atoms in total. The average molecular weight is 247 g/mol. The van der Waals surface area contributed by atoms with Crippen LogP contribution in [0.25, 0.3) is 0 Å². The molecule has 0 aromatic carbocycles. The molecule has 1 saturated heterocycles. The second-order valence-electron chi connectivity index (χ2n) is 4.37. The summed E-state index contributed by atoms with van der Waals surface area (Å²) in [5.74, 6) is -0.425. The topological polar surface area (TPSA) is 69.4 Å². The Hall–Kier alpha value is -1.48. The van der Waals surface area contributed by atoms with Crippen molar-refractivity contribution < 1.29 is 9.84 Å². The molecule has 2 heterocycles. The van der Waals surface area contributed by atoms with Gasteiger partial charge in [0.1, 0.15) is 0 Å². The number of aromatic nitrogens is 1. The van der Waals surface area contributed by atoms with Crippen molar-refractivity contribution in [1.82, 2.24) is 9.88 Å². The molecular formula is C13H17N3O2. The van der Waals surface area contributed by atoms with E-state index in [1.807, 2.05) is 0 Å². The number of aliphatic hydroxyl groups excluding tert-OH is 1. The van der Waals surface area contributed by atoms with Crippen molar-refractivity contribution in [3.8, 4) is 6.07 Å². The molecular weight excluding hydrogens is 230 g/mol. The van der Waals surface area contributed by atoms with Crippen molar-refractivity contribution >= 4 is 0 Å². The normalized spacial score (nSPS) is 20.0. The van der Waals surface area contributed by atoms with Crippen molar-refractivity contribution in [2.45, 2.75) is 6.10 Å². The number of ether oxygens (including phenoxy) is 1. The van der Waals surface area contributed by atoms with Gasteiger partial charge in [-0.3, -0.25) is 9.88 Å². The minimum Gasteiger partial charge on any atom is -0.387 e. The highest BCUT2D eigenvalue weighted by molar-refractivity contribution is 5.16. The molecule has 18 heavy (non-hydrogen) atoms. The van der Waals surface area contributed by atoms with Crippen LogP contribution >= 0.6 is 0 Å². The monoisotopic (exact) mass is 247 g/mol. The Morgan fingerprint density at radius 3 is 2.67 bits per heavy atom. The van der Waals surface area contributed by atoms with Crippen LogP contribution in [0.5, 0.6) is 0 Å². The van der Waals surface area contributed by atoms with E-state index in [9.17, 15) is 10.4 Å². The molecule has 1 aliphatic heterocycles. The van der Waals surface area contributed by atoms with Crippen molar-refractivity contribution in [3.63, 3.8) is 0 Å². The van der Waals surface area contributed by atoms with Gasteiger partial charge in [0.15, 0.2) is 0 Å². The van der Waals surface area contributed by atoms with Gasteiger partial charge in [-0.25, -0.2) is 0 Å². The summed E-state index contributed by atoms with van der Waals surface area (Å²) in [6.45, 7) is 3.61. The van der Waals surface area contributed by atoms with Crippen LogP contribution < -0.4 is 0 Å². The zero-order valence-electron chi connectivity index (χ0n) is 10.2. The van der Waals surface area contributed by atoms with E-state index in [4.69, 9.17) is 4.74 Å². The fraction of sp³-hybridized carbons (Fsp3) is 0.538. The molecule has 1 fully saturated rings. The lowest BCUT2D eigenvalue weighted by molar-refractivity contribution is 0.0208. The van der Waals surface area contributed by atoms with Crippen LogP contribution in [0.2, 0.25) is 0 Å². The van der Waals surface area contributed by atoms with Gasteiger partial charge in [-0.05, 0) is 17.7 Å². The predicted octanol–water partition coefficient (Wildman–Crippen LogP) is 0.587. The standard InChI is InChI=1S/C13H17N3O2/c14-9-12(10-16-5-7-18-8-6-16)13(17)11-1-3-15-4-2-11/h1-4,12-13,17H,5-8,10H2. The first kappa shape index (κ1) is 13.0. The van der Waals surface area contributed by atoms with Crippen LogP contribution in [0.15, 0.2) is 24.5 Å². The van der Waals surface area contributed by atoms with Gasteiger partial charge in [0.2, 0.25) is 0 Å². The first-order valence-corrected chi connectivity index (χ1v) is 6.09. The van der Waals surface area contributed by atoms with Gasteiger partial charge in [0.05, 0.1) is 31.3 Å². The third-order valence-corrected chi connectivity index (χ3v) is 3.15. The molecule has 2 unspecified atom stereocenters. The summed E-state index contributed by atoms with van der Waals surface area (Å²) in [6.07, 6.45) is 2.49. The van der Waals surface area contributed by atoms with Crippen molar-refractivity contribution in [2.24, 2.45) is 5.92 Å². The number of hydrogen-bond acceptors (Lipinski definition) is 5. The van der Waals surface area contributed by atoms with E-state index in [2.05, 4.69) is 16.0 Å². The van der Waals surface area contributed by atoms with E-state index in [1.165, 1.54) is 0 Å². The van der Waals surface area contributed by atoms with Crippen LogP contribution in [0, 0.1) is 17.2 Å². The molecule has 1 aromatic rings. The summed E-state index contributed by atoms with van der Waals surface area (Å²) >= 11 is 0. The van der Waals surface area contributed by atoms with E-state index in [0.717, 1.165) is 18.7 Å². The second kappa shape index (κ2) is 6.45. The number of morpholine rings is 1. The Morgan fingerprint density at radius 2 is 2.06 bits per heavy atom. The minimum absolute atomic E-state index is 0.425. The minimum atomic E-state index is -0.763. The second-order valence-corrected chi connectivity index (χ2v) is 4.37. The van der Waals surface area contributed by atoms with Gasteiger partial charge >= 0.3 is 0 Å². The van der Waals surface area contributed by atoms with Crippen LogP contribution in [-0.4, -0.2) is 47.8 Å². The molecule has 5 heteroatoms. The number of rotatable bonds is 4. The van der Waals surface area contributed by atoms with Gasteiger partial charge in [-0.1, -0.05) is 0 Å². The molecule has 96 valence electrons. The van der Waals surface area contributed by atoms with E-state index >= 15 is 0 Å². The number of hydrogen-bond donors (Lipinski definition) is 1. The zero-order chi connectivity index (χ0) is 12.8. The molecule has 0 radical (unpaired) electrons. The van der Waals surface area contributed by atoms with E-state index in [1.54, 1.807) is 24.5 Å². The van der Waals surface area contributed by atoms with E-state index in [0.29, 0.717) is 19.8 Å². The molecule has 1 N–H and O–H groups in total. The lowest BCUT2D eigenvalue weighted by atomic mass is 9.97. The number of pyridine rings is 1. The van der Waals surface area contributed by atoms with Crippen LogP contribution in [0.4, 0.5) is 0 Å². The number of nitriles is 1. The summed E-state index contributed by atoms with van der Waals surface area (Å²) in [5.41, 5.74) is 0.741. The molecule has 1 aromatic heterocycles. The van der Waals surface area contributed by atoms with Crippen LogP contribution in [-0.2, 0) is 4.74 Å². The Bertz CT molecular complexity index is 398. The SMILES string of the molecule is N#CC(CN1CCOCC1)C(O)c1ccncc1. The smallest absolute Gasteiger partial charge is 0.0961 e. The Morgan fingerprint density at radius 1 is 1.39 bits per heavy atom. The molecule has 0 amide bonds. The highest BCUT2D eigenvalue weighted by Gasteiger charge is 2.24. The molecule has 0 aliphatic carbocycles. The maximum Gasteiger partial charge on any atom is 0.0961 e. The first-order chi connectivity index (χ1) is 8.81. The molecule has 0 spiro atoms. The fourth-order valence-corrected chi connectivity index (χ4v) is 2.07. The number of aliphatic hydroxyl groups is 1. The van der Waals surface area contributed by atoms with Crippen LogP contribution in [0.3, 0.4) is 0 Å². The molecule has 0 saturated carbocycles. The zero-order valence-corrected chi connectivity index (χ0v) is 10.2. The number of nitrogens with zero attached hydrogens (tertiary/aromatic N) is 3. The van der Waals surface area contributed by atoms with Gasteiger partial charge < -0.3 is 9.84 Å². The van der Waals surface area contributed by atoms with E-state index in [-0.39, 0.29) is 0 Å². The summed E-state index contributed by atoms with van der Waals surface area (Å²) < 4.78 is 5.26. The van der Waals surface area contributed by atoms with Gasteiger partial charge in [0.25, 0.3) is 0 Å². The Kier molecular flexibility index (Phi) is 4.65. The summed E-state index contributed by atoms with van der Waals surface area (Å²) in [7, 11) is 0. The first-order valence-electron chi connectivity index (χ1n) is 6.09. The fourth-order valence-electron chi connectivity index (χ4n) is 2.07. The van der Waals surface area contributed by atoms with Gasteiger partial charge in [-0.15, -0.1) is 0 Å². The molecule has 2 atom stereocenters. The Balaban J connectivity index is 1.98. The molecule has 2 rings (SSSR count). The summed E-state index contributed by atoms with van der Waals surface area (Å²) in [6, 6.07) is 5.68. The van der Waals surface area contributed by atoms with Crippen molar-refractivity contribution in [2.75, 3.05) is 32.8 Å². The maximum absolute atomic E-state index is 10.2. The van der Waals surface area contributed by atoms with Crippen molar-refractivity contribution in [3.05, 3.63) is 30.1 Å².